The second-order valence-corrected chi connectivity index (χ2v) is 6.39. The molecule has 25 heavy (non-hydrogen) atoms. The molecule has 1 N–H and O–H groups in total. The average Bonchev–Trinajstić information content (AvgIpc) is 2.84. The largest absolute Gasteiger partial charge is 0.481 e. The van der Waals surface area contributed by atoms with E-state index in [9.17, 15) is 9.59 Å². The van der Waals surface area contributed by atoms with E-state index in [1.54, 1.807) is 45.9 Å². The summed E-state index contributed by atoms with van der Waals surface area (Å²) in [6.07, 6.45) is -0.800. The van der Waals surface area contributed by atoms with Crippen LogP contribution in [0.2, 0.25) is 10.0 Å². The molecule has 1 atom stereocenters. The van der Waals surface area contributed by atoms with Crippen LogP contribution in [0.25, 0.3) is 0 Å². The molecule has 0 unspecified atom stereocenters. The van der Waals surface area contributed by atoms with Gasteiger partial charge < -0.3 is 14.5 Å². The standard InChI is InChI=1S/C18H19Cl2NO4/c1-5-24-18(23)15-9(2)16(21-10(15)3)17(22)11(4)25-14-7-6-12(19)8-13(14)20/h6-8,11,21H,5H2,1-4H3/t11-/m1/s1. The predicted octanol–water partition coefficient (Wildman–Crippen LogP) is 4.77. The molecule has 0 aliphatic carbocycles. The molecular formula is C18H19Cl2NO4. The number of carbonyl (C=O) groups is 2. The molecule has 0 spiro atoms. The summed E-state index contributed by atoms with van der Waals surface area (Å²) in [5.41, 5.74) is 1.81. The van der Waals surface area contributed by atoms with E-state index in [4.69, 9.17) is 32.7 Å². The predicted molar refractivity (Wildman–Crippen MR) is 97.1 cm³/mol. The first-order valence-electron chi connectivity index (χ1n) is 7.78. The molecule has 134 valence electrons. The topological polar surface area (TPSA) is 68.4 Å². The lowest BCUT2D eigenvalue weighted by molar-refractivity contribution is 0.0525. The van der Waals surface area contributed by atoms with Crippen LogP contribution in [0.15, 0.2) is 18.2 Å². The van der Waals surface area contributed by atoms with Gasteiger partial charge >= 0.3 is 5.97 Å². The van der Waals surface area contributed by atoms with Crippen molar-refractivity contribution in [3.63, 3.8) is 0 Å². The Balaban J connectivity index is 2.25. The third kappa shape index (κ3) is 4.17. The molecule has 1 heterocycles. The van der Waals surface area contributed by atoms with Gasteiger partial charge in [0, 0.05) is 10.7 Å². The number of aromatic nitrogens is 1. The number of carbonyl (C=O) groups excluding carboxylic acids is 2. The molecule has 2 aromatic rings. The van der Waals surface area contributed by atoms with Gasteiger partial charge in [-0.3, -0.25) is 4.79 Å². The van der Waals surface area contributed by atoms with Crippen molar-refractivity contribution in [3.8, 4) is 5.75 Å². The summed E-state index contributed by atoms with van der Waals surface area (Å²) in [5.74, 6) is -0.386. The number of H-pyrrole nitrogens is 1. The number of ether oxygens (including phenoxy) is 2. The Labute approximate surface area is 156 Å². The highest BCUT2D eigenvalue weighted by atomic mass is 35.5. The van der Waals surface area contributed by atoms with Crippen molar-refractivity contribution < 1.29 is 19.1 Å². The zero-order valence-electron chi connectivity index (χ0n) is 14.4. The molecule has 0 aliphatic heterocycles. The van der Waals surface area contributed by atoms with Crippen LogP contribution in [0.4, 0.5) is 0 Å². The van der Waals surface area contributed by atoms with Crippen LogP contribution in [-0.2, 0) is 4.74 Å². The van der Waals surface area contributed by atoms with Gasteiger partial charge in [-0.1, -0.05) is 23.2 Å². The molecule has 5 nitrogen and oxygen atoms in total. The van der Waals surface area contributed by atoms with Gasteiger partial charge in [0.2, 0.25) is 5.78 Å². The molecule has 0 fully saturated rings. The van der Waals surface area contributed by atoms with E-state index in [0.29, 0.717) is 38.3 Å². The summed E-state index contributed by atoms with van der Waals surface area (Å²) in [6, 6.07) is 4.77. The fourth-order valence-corrected chi connectivity index (χ4v) is 2.98. The smallest absolute Gasteiger partial charge is 0.340 e. The lowest BCUT2D eigenvalue weighted by atomic mass is 10.1. The number of Topliss-reactive ketones (excluding diaryl/α,β-unsaturated/α-hetero) is 1. The minimum atomic E-state index is -0.800. The number of hydrogen-bond acceptors (Lipinski definition) is 4. The van der Waals surface area contributed by atoms with Gasteiger partial charge in [-0.2, -0.15) is 0 Å². The van der Waals surface area contributed by atoms with Crippen LogP contribution in [0.1, 0.15) is 46.0 Å². The van der Waals surface area contributed by atoms with Crippen LogP contribution >= 0.6 is 23.2 Å². The first-order valence-corrected chi connectivity index (χ1v) is 8.54. The van der Waals surface area contributed by atoms with E-state index in [2.05, 4.69) is 4.98 Å². The first kappa shape index (κ1) is 19.3. The molecule has 7 heteroatoms. The van der Waals surface area contributed by atoms with Gasteiger partial charge in [0.1, 0.15) is 5.75 Å². The SMILES string of the molecule is CCOC(=O)c1c(C)[nH]c(C(=O)[C@@H](C)Oc2ccc(Cl)cc2Cl)c1C. The van der Waals surface area contributed by atoms with Gasteiger partial charge in [-0.25, -0.2) is 4.79 Å². The Hall–Kier alpha value is -1.98. The van der Waals surface area contributed by atoms with Crippen LogP contribution in [0, 0.1) is 13.8 Å². The molecule has 0 bridgehead atoms. The molecular weight excluding hydrogens is 365 g/mol. The van der Waals surface area contributed by atoms with Crippen molar-refractivity contribution in [1.29, 1.82) is 0 Å². The molecule has 0 radical (unpaired) electrons. The summed E-state index contributed by atoms with van der Waals surface area (Å²) in [7, 11) is 0. The highest BCUT2D eigenvalue weighted by molar-refractivity contribution is 6.35. The molecule has 0 saturated heterocycles. The molecule has 1 aromatic heterocycles. The average molecular weight is 384 g/mol. The fourth-order valence-electron chi connectivity index (χ4n) is 2.52. The maximum Gasteiger partial charge on any atom is 0.340 e. The van der Waals surface area contributed by atoms with Crippen LogP contribution in [0.3, 0.4) is 0 Å². The number of ketones is 1. The third-order valence-corrected chi connectivity index (χ3v) is 4.26. The summed E-state index contributed by atoms with van der Waals surface area (Å²) in [4.78, 5) is 27.7. The van der Waals surface area contributed by atoms with E-state index < -0.39 is 12.1 Å². The quantitative estimate of drug-likeness (QED) is 0.576. The van der Waals surface area contributed by atoms with Crippen molar-refractivity contribution in [2.24, 2.45) is 0 Å². The van der Waals surface area contributed by atoms with Crippen LogP contribution < -0.4 is 4.74 Å². The Morgan fingerprint density at radius 1 is 1.24 bits per heavy atom. The number of nitrogens with one attached hydrogen (secondary N) is 1. The van der Waals surface area contributed by atoms with Crippen molar-refractivity contribution in [2.45, 2.75) is 33.8 Å². The van der Waals surface area contributed by atoms with Gasteiger partial charge in [0.15, 0.2) is 6.10 Å². The van der Waals surface area contributed by atoms with Gasteiger partial charge in [0.25, 0.3) is 0 Å². The lowest BCUT2D eigenvalue weighted by Crippen LogP contribution is -2.25. The van der Waals surface area contributed by atoms with Crippen LogP contribution in [-0.4, -0.2) is 29.4 Å². The highest BCUT2D eigenvalue weighted by Crippen LogP contribution is 2.29. The number of hydrogen-bond donors (Lipinski definition) is 1. The zero-order valence-corrected chi connectivity index (χ0v) is 15.9. The number of aromatic amines is 1. The van der Waals surface area contributed by atoms with E-state index in [1.165, 1.54) is 0 Å². The molecule has 0 saturated carbocycles. The Kier molecular flexibility index (Phi) is 6.14. The second-order valence-electron chi connectivity index (χ2n) is 5.54. The van der Waals surface area contributed by atoms with E-state index in [0.717, 1.165) is 0 Å². The van der Waals surface area contributed by atoms with Gasteiger partial charge in [-0.05, 0) is 51.5 Å². The van der Waals surface area contributed by atoms with Crippen molar-refractivity contribution >= 4 is 35.0 Å². The minimum absolute atomic E-state index is 0.265. The summed E-state index contributed by atoms with van der Waals surface area (Å²) < 4.78 is 10.7. The summed E-state index contributed by atoms with van der Waals surface area (Å²) in [6.45, 7) is 7.03. The highest BCUT2D eigenvalue weighted by Gasteiger charge is 2.26. The molecule has 2 rings (SSSR count). The molecule has 1 aromatic carbocycles. The summed E-state index contributed by atoms with van der Waals surface area (Å²) >= 11 is 11.9. The Bertz CT molecular complexity index is 814. The Morgan fingerprint density at radius 2 is 1.92 bits per heavy atom. The number of benzene rings is 1. The van der Waals surface area contributed by atoms with E-state index >= 15 is 0 Å². The lowest BCUT2D eigenvalue weighted by Gasteiger charge is -2.15. The number of esters is 1. The van der Waals surface area contributed by atoms with E-state index in [1.807, 2.05) is 0 Å². The monoisotopic (exact) mass is 383 g/mol. The van der Waals surface area contributed by atoms with E-state index in [-0.39, 0.29) is 12.4 Å². The second kappa shape index (κ2) is 7.93. The van der Waals surface area contributed by atoms with Crippen molar-refractivity contribution in [1.82, 2.24) is 4.98 Å². The maximum absolute atomic E-state index is 12.7. The number of halogens is 2. The van der Waals surface area contributed by atoms with Crippen LogP contribution in [0.5, 0.6) is 5.75 Å². The summed E-state index contributed by atoms with van der Waals surface area (Å²) in [5, 5.41) is 0.796. The number of aryl methyl sites for hydroxylation is 1. The van der Waals surface area contributed by atoms with Crippen molar-refractivity contribution in [2.75, 3.05) is 6.61 Å². The third-order valence-electron chi connectivity index (χ3n) is 3.73. The normalized spacial score (nSPS) is 11.9. The minimum Gasteiger partial charge on any atom is -0.481 e. The zero-order chi connectivity index (χ0) is 18.7. The number of rotatable bonds is 6. The molecule has 0 aliphatic rings. The molecule has 0 amide bonds. The first-order chi connectivity index (χ1) is 11.8. The Morgan fingerprint density at radius 3 is 2.52 bits per heavy atom. The maximum atomic E-state index is 12.7. The van der Waals surface area contributed by atoms with Crippen molar-refractivity contribution in [3.05, 3.63) is 50.8 Å². The van der Waals surface area contributed by atoms with Gasteiger partial charge in [0.05, 0.1) is 22.9 Å². The van der Waals surface area contributed by atoms with Gasteiger partial charge in [-0.15, -0.1) is 0 Å². The fraction of sp³-hybridized carbons (Fsp3) is 0.333.